The standard InChI is InChI=1S/C15H11FN2O4/c16-11-5-3-9(4-6-11)13(19)12(18-14(20)15(21)22)10-2-1-7-17-8-10/h1-8,12H,(H,18,20)(H,21,22). The summed E-state index contributed by atoms with van der Waals surface area (Å²) in [5.41, 5.74) is 0.465. The SMILES string of the molecule is O=C(O)C(=O)NC(C(=O)c1ccc(F)cc1)c1cccnc1. The fourth-order valence-corrected chi connectivity index (χ4v) is 1.82. The molecule has 0 aliphatic rings. The third-order valence-corrected chi connectivity index (χ3v) is 2.88. The number of aromatic nitrogens is 1. The number of carbonyl (C=O) groups excluding carboxylic acids is 2. The van der Waals surface area contributed by atoms with E-state index >= 15 is 0 Å². The minimum atomic E-state index is -1.71. The molecule has 2 N–H and O–H groups in total. The van der Waals surface area contributed by atoms with Crippen LogP contribution in [0.4, 0.5) is 4.39 Å². The first-order valence-corrected chi connectivity index (χ1v) is 6.22. The van der Waals surface area contributed by atoms with Crippen molar-refractivity contribution in [3.8, 4) is 0 Å². The van der Waals surface area contributed by atoms with Crippen molar-refractivity contribution in [1.82, 2.24) is 10.3 Å². The number of amides is 1. The second-order valence-electron chi connectivity index (χ2n) is 4.37. The van der Waals surface area contributed by atoms with Crippen LogP contribution >= 0.6 is 0 Å². The Morgan fingerprint density at radius 1 is 1.14 bits per heavy atom. The number of Topliss-reactive ketones (excluding diaryl/α,β-unsaturated/α-hetero) is 1. The van der Waals surface area contributed by atoms with Gasteiger partial charge < -0.3 is 10.4 Å². The Hall–Kier alpha value is -3.09. The van der Waals surface area contributed by atoms with Gasteiger partial charge in [-0.25, -0.2) is 9.18 Å². The third-order valence-electron chi connectivity index (χ3n) is 2.88. The molecule has 0 saturated heterocycles. The van der Waals surface area contributed by atoms with E-state index in [1.54, 1.807) is 6.07 Å². The third kappa shape index (κ3) is 3.51. The normalized spacial score (nSPS) is 11.5. The van der Waals surface area contributed by atoms with Crippen LogP contribution in [0.15, 0.2) is 48.8 Å². The molecule has 0 fully saturated rings. The first-order valence-electron chi connectivity index (χ1n) is 6.22. The summed E-state index contributed by atoms with van der Waals surface area (Å²) in [5, 5.41) is 10.8. The van der Waals surface area contributed by atoms with Crippen LogP contribution in [-0.2, 0) is 9.59 Å². The molecule has 2 rings (SSSR count). The van der Waals surface area contributed by atoms with Gasteiger partial charge in [-0.1, -0.05) is 6.07 Å². The van der Waals surface area contributed by atoms with Crippen LogP contribution in [0.3, 0.4) is 0 Å². The molecule has 1 amide bonds. The number of halogens is 1. The summed E-state index contributed by atoms with van der Waals surface area (Å²) in [7, 11) is 0. The van der Waals surface area contributed by atoms with Gasteiger partial charge in [0.15, 0.2) is 5.78 Å². The zero-order valence-corrected chi connectivity index (χ0v) is 11.2. The predicted octanol–water partition coefficient (Wildman–Crippen LogP) is 1.35. The zero-order chi connectivity index (χ0) is 16.1. The lowest BCUT2D eigenvalue weighted by atomic mass is 9.98. The van der Waals surface area contributed by atoms with Crippen molar-refractivity contribution in [3.63, 3.8) is 0 Å². The van der Waals surface area contributed by atoms with Crippen molar-refractivity contribution in [3.05, 3.63) is 65.7 Å². The molecule has 0 aliphatic heterocycles. The highest BCUT2D eigenvalue weighted by Gasteiger charge is 2.26. The molecule has 2 aromatic rings. The van der Waals surface area contributed by atoms with Gasteiger partial charge in [0.2, 0.25) is 0 Å². The smallest absolute Gasteiger partial charge is 0.394 e. The van der Waals surface area contributed by atoms with Crippen LogP contribution in [0.1, 0.15) is 22.0 Å². The maximum absolute atomic E-state index is 12.9. The van der Waals surface area contributed by atoms with E-state index in [4.69, 9.17) is 5.11 Å². The molecule has 1 heterocycles. The Labute approximate surface area is 124 Å². The Morgan fingerprint density at radius 2 is 1.82 bits per heavy atom. The number of ketones is 1. The highest BCUT2D eigenvalue weighted by atomic mass is 19.1. The van der Waals surface area contributed by atoms with Crippen LogP contribution in [-0.4, -0.2) is 27.8 Å². The predicted molar refractivity (Wildman–Crippen MR) is 73.5 cm³/mol. The number of nitrogens with one attached hydrogen (secondary N) is 1. The maximum Gasteiger partial charge on any atom is 0.394 e. The van der Waals surface area contributed by atoms with Gasteiger partial charge >= 0.3 is 11.9 Å². The average molecular weight is 302 g/mol. The van der Waals surface area contributed by atoms with Gasteiger partial charge in [-0.15, -0.1) is 0 Å². The number of carboxylic acid groups (broad SMARTS) is 1. The number of carbonyl (C=O) groups is 3. The summed E-state index contributed by atoms with van der Waals surface area (Å²) in [5.74, 6) is -4.10. The highest BCUT2D eigenvalue weighted by Crippen LogP contribution is 2.18. The molecule has 0 bridgehead atoms. The lowest BCUT2D eigenvalue weighted by Gasteiger charge is -2.16. The first kappa shape index (κ1) is 15.3. The van der Waals surface area contributed by atoms with E-state index in [9.17, 15) is 18.8 Å². The van der Waals surface area contributed by atoms with Crippen molar-refractivity contribution < 1.29 is 23.9 Å². The van der Waals surface area contributed by atoms with Crippen molar-refractivity contribution in [2.24, 2.45) is 0 Å². The second kappa shape index (κ2) is 6.57. The average Bonchev–Trinajstić information content (AvgIpc) is 2.53. The Bertz CT molecular complexity index is 701. The zero-order valence-electron chi connectivity index (χ0n) is 11.2. The molecule has 0 saturated carbocycles. The lowest BCUT2D eigenvalue weighted by Crippen LogP contribution is -2.38. The van der Waals surface area contributed by atoms with Gasteiger partial charge in [-0.2, -0.15) is 0 Å². The van der Waals surface area contributed by atoms with Crippen LogP contribution in [0.2, 0.25) is 0 Å². The summed E-state index contributed by atoms with van der Waals surface area (Å²) >= 11 is 0. The summed E-state index contributed by atoms with van der Waals surface area (Å²) in [6.45, 7) is 0. The molecular formula is C15H11FN2O4. The van der Waals surface area contributed by atoms with E-state index in [-0.39, 0.29) is 5.56 Å². The number of carboxylic acids is 1. The summed E-state index contributed by atoms with van der Waals surface area (Å²) in [4.78, 5) is 38.3. The molecule has 7 heteroatoms. The minimum Gasteiger partial charge on any atom is -0.474 e. The summed E-state index contributed by atoms with van der Waals surface area (Å²) in [6.07, 6.45) is 2.82. The first-order chi connectivity index (χ1) is 10.5. The molecule has 1 aromatic carbocycles. The molecule has 112 valence electrons. The molecular weight excluding hydrogens is 291 g/mol. The van der Waals surface area contributed by atoms with Crippen LogP contribution in [0.25, 0.3) is 0 Å². The number of aliphatic carboxylic acids is 1. The molecule has 0 aliphatic carbocycles. The largest absolute Gasteiger partial charge is 0.474 e. The van der Waals surface area contributed by atoms with Crippen molar-refractivity contribution >= 4 is 17.7 Å². The van der Waals surface area contributed by atoms with Crippen molar-refractivity contribution in [2.75, 3.05) is 0 Å². The summed E-state index contributed by atoms with van der Waals surface area (Å²) in [6, 6.07) is 6.58. The van der Waals surface area contributed by atoms with Gasteiger partial charge in [-0.3, -0.25) is 14.6 Å². The molecule has 1 unspecified atom stereocenters. The van der Waals surface area contributed by atoms with Crippen molar-refractivity contribution in [2.45, 2.75) is 6.04 Å². The quantitative estimate of drug-likeness (QED) is 0.656. The van der Waals surface area contributed by atoms with Crippen molar-refractivity contribution in [1.29, 1.82) is 0 Å². The van der Waals surface area contributed by atoms with Crippen LogP contribution in [0.5, 0.6) is 0 Å². The second-order valence-corrected chi connectivity index (χ2v) is 4.37. The molecule has 0 spiro atoms. The number of rotatable bonds is 4. The minimum absolute atomic E-state index is 0.140. The van der Waals surface area contributed by atoms with Gasteiger partial charge in [0.25, 0.3) is 0 Å². The molecule has 22 heavy (non-hydrogen) atoms. The molecule has 1 aromatic heterocycles. The van der Waals surface area contributed by atoms with E-state index in [2.05, 4.69) is 10.3 Å². The molecule has 1 atom stereocenters. The maximum atomic E-state index is 12.9. The van der Waals surface area contributed by atoms with E-state index in [0.29, 0.717) is 5.56 Å². The number of hydrogen-bond acceptors (Lipinski definition) is 4. The molecule has 6 nitrogen and oxygen atoms in total. The monoisotopic (exact) mass is 302 g/mol. The van der Waals surface area contributed by atoms with Gasteiger partial charge in [0.1, 0.15) is 11.9 Å². The van der Waals surface area contributed by atoms with Gasteiger partial charge in [-0.05, 0) is 30.3 Å². The van der Waals surface area contributed by atoms with E-state index in [0.717, 1.165) is 12.1 Å². The Balaban J connectivity index is 2.35. The fourth-order valence-electron chi connectivity index (χ4n) is 1.82. The number of nitrogens with zero attached hydrogens (tertiary/aromatic N) is 1. The number of pyridine rings is 1. The highest BCUT2D eigenvalue weighted by molar-refractivity contribution is 6.32. The topological polar surface area (TPSA) is 96.4 Å². The molecule has 0 radical (unpaired) electrons. The van der Waals surface area contributed by atoms with Gasteiger partial charge in [0.05, 0.1) is 0 Å². The fraction of sp³-hybridized carbons (Fsp3) is 0.0667. The van der Waals surface area contributed by atoms with Gasteiger partial charge in [0, 0.05) is 23.5 Å². The van der Waals surface area contributed by atoms with E-state index in [1.165, 1.54) is 30.6 Å². The van der Waals surface area contributed by atoms with E-state index in [1.807, 2.05) is 0 Å². The van der Waals surface area contributed by atoms with E-state index < -0.39 is 29.5 Å². The Kier molecular flexibility index (Phi) is 4.57. The number of hydrogen-bond donors (Lipinski definition) is 2. The van der Waals surface area contributed by atoms with Crippen LogP contribution < -0.4 is 5.32 Å². The Morgan fingerprint density at radius 3 is 2.36 bits per heavy atom. The number of benzene rings is 1. The lowest BCUT2D eigenvalue weighted by molar-refractivity contribution is -0.150. The summed E-state index contributed by atoms with van der Waals surface area (Å²) < 4.78 is 12.9. The van der Waals surface area contributed by atoms with Crippen LogP contribution in [0, 0.1) is 5.82 Å².